The molecule has 0 spiro atoms. The maximum atomic E-state index is 6.18. The largest absolute Gasteiger partial charge is 0.370 e. The number of hydrogen-bond donors (Lipinski definition) is 1. The summed E-state index contributed by atoms with van der Waals surface area (Å²) < 4.78 is 0. The first-order valence-corrected chi connectivity index (χ1v) is 8.45. The van der Waals surface area contributed by atoms with Gasteiger partial charge in [0.05, 0.1) is 6.54 Å². The highest BCUT2D eigenvalue weighted by atomic mass is 127. The Bertz CT molecular complexity index is 305. The molecule has 2 aliphatic heterocycles. The second-order valence-corrected chi connectivity index (χ2v) is 6.67. The molecule has 0 radical (unpaired) electrons. The zero-order valence-corrected chi connectivity index (χ0v) is 16.1. The SMILES string of the molecule is CC1CCN(C(C)CN=C(N)N2CCCCCC2)CC1.I. The Labute approximate surface area is 147 Å². The van der Waals surface area contributed by atoms with E-state index in [1.165, 1.54) is 51.6 Å². The van der Waals surface area contributed by atoms with E-state index in [1.807, 2.05) is 0 Å². The maximum absolute atomic E-state index is 6.18. The van der Waals surface area contributed by atoms with Gasteiger partial charge in [0.1, 0.15) is 0 Å². The van der Waals surface area contributed by atoms with Crippen LogP contribution < -0.4 is 5.73 Å². The van der Waals surface area contributed by atoms with Gasteiger partial charge >= 0.3 is 0 Å². The first kappa shape index (κ1) is 19.0. The number of nitrogens with two attached hydrogens (primary N) is 1. The van der Waals surface area contributed by atoms with Crippen LogP contribution in [-0.4, -0.2) is 54.5 Å². The minimum atomic E-state index is 0. The first-order valence-electron chi connectivity index (χ1n) is 8.45. The van der Waals surface area contributed by atoms with Crippen LogP contribution in [-0.2, 0) is 0 Å². The Morgan fingerprint density at radius 2 is 1.67 bits per heavy atom. The fourth-order valence-electron chi connectivity index (χ4n) is 3.21. The van der Waals surface area contributed by atoms with Crippen molar-refractivity contribution in [1.29, 1.82) is 0 Å². The third kappa shape index (κ3) is 6.30. The van der Waals surface area contributed by atoms with Crippen LogP contribution in [0.1, 0.15) is 52.4 Å². The van der Waals surface area contributed by atoms with E-state index >= 15 is 0 Å². The number of piperidine rings is 1. The molecule has 0 aromatic carbocycles. The van der Waals surface area contributed by atoms with Gasteiger partial charge in [0.25, 0.3) is 0 Å². The monoisotopic (exact) mass is 408 g/mol. The van der Waals surface area contributed by atoms with Crippen molar-refractivity contribution in [1.82, 2.24) is 9.80 Å². The second-order valence-electron chi connectivity index (χ2n) is 6.67. The average molecular weight is 408 g/mol. The predicted octanol–water partition coefficient (Wildman–Crippen LogP) is 2.92. The van der Waals surface area contributed by atoms with Crippen LogP contribution in [0.4, 0.5) is 0 Å². The van der Waals surface area contributed by atoms with Gasteiger partial charge in [-0.05, 0) is 51.6 Å². The molecule has 124 valence electrons. The van der Waals surface area contributed by atoms with Crippen molar-refractivity contribution in [3.8, 4) is 0 Å². The molecule has 0 aromatic heterocycles. The standard InChI is InChI=1S/C16H32N4.HI/c1-14-7-11-19(12-8-14)15(2)13-18-16(17)20-9-5-3-4-6-10-20;/h14-15H,3-13H2,1-2H3,(H2,17,18);1H. The van der Waals surface area contributed by atoms with Gasteiger partial charge in [0, 0.05) is 19.1 Å². The van der Waals surface area contributed by atoms with E-state index in [9.17, 15) is 0 Å². The molecule has 21 heavy (non-hydrogen) atoms. The molecule has 4 nitrogen and oxygen atoms in total. The second kappa shape index (κ2) is 9.87. The van der Waals surface area contributed by atoms with Crippen molar-refractivity contribution in [2.24, 2.45) is 16.6 Å². The molecule has 1 unspecified atom stereocenters. The number of likely N-dealkylation sites (tertiary alicyclic amines) is 2. The third-order valence-corrected chi connectivity index (χ3v) is 4.89. The van der Waals surface area contributed by atoms with E-state index in [0.29, 0.717) is 6.04 Å². The van der Waals surface area contributed by atoms with Gasteiger partial charge in [0.2, 0.25) is 0 Å². The lowest BCUT2D eigenvalue weighted by Gasteiger charge is -2.34. The van der Waals surface area contributed by atoms with E-state index in [1.54, 1.807) is 0 Å². The van der Waals surface area contributed by atoms with Gasteiger partial charge in [-0.1, -0.05) is 19.8 Å². The minimum Gasteiger partial charge on any atom is -0.370 e. The van der Waals surface area contributed by atoms with Gasteiger partial charge in [-0.2, -0.15) is 0 Å². The molecule has 2 N–H and O–H groups in total. The van der Waals surface area contributed by atoms with Crippen molar-refractivity contribution in [2.45, 2.75) is 58.4 Å². The van der Waals surface area contributed by atoms with Crippen LogP contribution in [0, 0.1) is 5.92 Å². The Kier molecular flexibility index (Phi) is 8.94. The average Bonchev–Trinajstić information content (AvgIpc) is 2.74. The van der Waals surface area contributed by atoms with Crippen molar-refractivity contribution in [3.05, 3.63) is 0 Å². The van der Waals surface area contributed by atoms with Crippen LogP contribution in [0.3, 0.4) is 0 Å². The molecule has 2 fully saturated rings. The smallest absolute Gasteiger partial charge is 0.191 e. The first-order chi connectivity index (χ1) is 9.66. The molecule has 2 heterocycles. The van der Waals surface area contributed by atoms with E-state index in [0.717, 1.165) is 31.5 Å². The lowest BCUT2D eigenvalue weighted by atomic mass is 9.98. The lowest BCUT2D eigenvalue weighted by molar-refractivity contribution is 0.150. The molecule has 0 saturated carbocycles. The van der Waals surface area contributed by atoms with Crippen molar-refractivity contribution in [3.63, 3.8) is 0 Å². The Balaban J connectivity index is 0.00000220. The van der Waals surface area contributed by atoms with E-state index in [-0.39, 0.29) is 24.0 Å². The zero-order chi connectivity index (χ0) is 14.4. The van der Waals surface area contributed by atoms with Crippen LogP contribution in [0.25, 0.3) is 0 Å². The lowest BCUT2D eigenvalue weighted by Crippen LogP contribution is -2.42. The van der Waals surface area contributed by atoms with Gasteiger partial charge in [-0.3, -0.25) is 9.89 Å². The molecule has 2 aliphatic rings. The molecular formula is C16H33IN4. The van der Waals surface area contributed by atoms with Crippen molar-refractivity contribution < 1.29 is 0 Å². The predicted molar refractivity (Wildman–Crippen MR) is 101 cm³/mol. The quantitative estimate of drug-likeness (QED) is 0.444. The zero-order valence-electron chi connectivity index (χ0n) is 13.8. The van der Waals surface area contributed by atoms with Crippen LogP contribution in [0.15, 0.2) is 4.99 Å². The minimum absolute atomic E-state index is 0. The topological polar surface area (TPSA) is 44.9 Å². The summed E-state index contributed by atoms with van der Waals surface area (Å²) in [6.07, 6.45) is 7.86. The number of guanidine groups is 1. The number of halogens is 1. The normalized spacial score (nSPS) is 24.3. The highest BCUT2D eigenvalue weighted by Crippen LogP contribution is 2.18. The Hall–Kier alpha value is -0.0400. The summed E-state index contributed by atoms with van der Waals surface area (Å²) in [4.78, 5) is 9.51. The van der Waals surface area contributed by atoms with Crippen LogP contribution >= 0.6 is 24.0 Å². The number of hydrogen-bond acceptors (Lipinski definition) is 2. The summed E-state index contributed by atoms with van der Waals surface area (Å²) in [5.41, 5.74) is 6.18. The number of rotatable bonds is 3. The highest BCUT2D eigenvalue weighted by Gasteiger charge is 2.20. The molecule has 0 bridgehead atoms. The summed E-state index contributed by atoms with van der Waals surface area (Å²) in [7, 11) is 0. The fourth-order valence-corrected chi connectivity index (χ4v) is 3.21. The summed E-state index contributed by atoms with van der Waals surface area (Å²) in [5, 5.41) is 0. The van der Waals surface area contributed by atoms with Crippen molar-refractivity contribution >= 4 is 29.9 Å². The highest BCUT2D eigenvalue weighted by molar-refractivity contribution is 14.0. The van der Waals surface area contributed by atoms with E-state index in [2.05, 4.69) is 28.6 Å². The third-order valence-electron chi connectivity index (χ3n) is 4.89. The molecule has 0 aliphatic carbocycles. The summed E-state index contributed by atoms with van der Waals surface area (Å²) in [6, 6.07) is 0.521. The Morgan fingerprint density at radius 1 is 1.10 bits per heavy atom. The maximum Gasteiger partial charge on any atom is 0.191 e. The molecular weight excluding hydrogens is 375 g/mol. The molecule has 2 rings (SSSR count). The fraction of sp³-hybridized carbons (Fsp3) is 0.938. The van der Waals surface area contributed by atoms with Crippen LogP contribution in [0.5, 0.6) is 0 Å². The summed E-state index contributed by atoms with van der Waals surface area (Å²) in [6.45, 7) is 10.1. The van der Waals surface area contributed by atoms with Gasteiger partial charge in [-0.25, -0.2) is 0 Å². The molecule has 2 saturated heterocycles. The van der Waals surface area contributed by atoms with Crippen molar-refractivity contribution in [2.75, 3.05) is 32.7 Å². The summed E-state index contributed by atoms with van der Waals surface area (Å²) in [5.74, 6) is 1.66. The van der Waals surface area contributed by atoms with Gasteiger partial charge in [0.15, 0.2) is 5.96 Å². The molecule has 0 amide bonds. The van der Waals surface area contributed by atoms with E-state index < -0.39 is 0 Å². The molecule has 1 atom stereocenters. The van der Waals surface area contributed by atoms with Gasteiger partial charge < -0.3 is 10.6 Å². The van der Waals surface area contributed by atoms with Gasteiger partial charge in [-0.15, -0.1) is 24.0 Å². The molecule has 0 aromatic rings. The summed E-state index contributed by atoms with van der Waals surface area (Å²) >= 11 is 0. The molecule has 5 heteroatoms. The number of aliphatic imine (C=N–C) groups is 1. The van der Waals surface area contributed by atoms with Crippen LogP contribution in [0.2, 0.25) is 0 Å². The Morgan fingerprint density at radius 3 is 2.24 bits per heavy atom. The number of nitrogens with zero attached hydrogens (tertiary/aromatic N) is 3. The van der Waals surface area contributed by atoms with E-state index in [4.69, 9.17) is 5.73 Å².